The van der Waals surface area contributed by atoms with E-state index in [1.165, 1.54) is 5.56 Å². The second kappa shape index (κ2) is 4.22. The van der Waals surface area contributed by atoms with Gasteiger partial charge in [0, 0.05) is 5.69 Å². The van der Waals surface area contributed by atoms with Gasteiger partial charge in [0.2, 0.25) is 0 Å². The highest BCUT2D eigenvalue weighted by molar-refractivity contribution is 5.45. The minimum atomic E-state index is 0.197. The number of hydrogen-bond donors (Lipinski definition) is 1. The Kier molecular flexibility index (Phi) is 2.77. The predicted octanol–water partition coefficient (Wildman–Crippen LogP) is 3.76. The van der Waals surface area contributed by atoms with Crippen LogP contribution < -0.4 is 5.32 Å². The first kappa shape index (κ1) is 9.84. The van der Waals surface area contributed by atoms with Gasteiger partial charge in [0.1, 0.15) is 5.76 Å². The van der Waals surface area contributed by atoms with Crippen LogP contribution in [0.15, 0.2) is 47.1 Å². The van der Waals surface area contributed by atoms with Gasteiger partial charge in [-0.15, -0.1) is 0 Å². The molecule has 0 aliphatic carbocycles. The molecule has 1 unspecified atom stereocenters. The maximum absolute atomic E-state index is 5.33. The summed E-state index contributed by atoms with van der Waals surface area (Å²) in [5.74, 6) is 0.954. The van der Waals surface area contributed by atoms with Crippen LogP contribution in [0.4, 0.5) is 5.69 Å². The molecule has 0 radical (unpaired) electrons. The molecule has 1 atom stereocenters. The van der Waals surface area contributed by atoms with Gasteiger partial charge in [-0.2, -0.15) is 0 Å². The molecule has 2 nitrogen and oxygen atoms in total. The lowest BCUT2D eigenvalue weighted by atomic mass is 10.2. The van der Waals surface area contributed by atoms with Crippen molar-refractivity contribution in [2.45, 2.75) is 19.9 Å². The lowest BCUT2D eigenvalue weighted by Gasteiger charge is -2.12. The summed E-state index contributed by atoms with van der Waals surface area (Å²) in [6.45, 7) is 4.17. The van der Waals surface area contributed by atoms with Crippen molar-refractivity contribution in [3.05, 3.63) is 54.0 Å². The number of benzene rings is 1. The van der Waals surface area contributed by atoms with Crippen molar-refractivity contribution >= 4 is 5.69 Å². The topological polar surface area (TPSA) is 25.2 Å². The number of furan rings is 1. The molecule has 78 valence electrons. The average Bonchev–Trinajstić information content (AvgIpc) is 2.74. The summed E-state index contributed by atoms with van der Waals surface area (Å²) < 4.78 is 5.33. The van der Waals surface area contributed by atoms with Crippen molar-refractivity contribution < 1.29 is 4.42 Å². The highest BCUT2D eigenvalue weighted by Gasteiger charge is 2.06. The molecule has 0 bridgehead atoms. The monoisotopic (exact) mass is 201 g/mol. The standard InChI is InChI=1S/C13H15NO/c1-10-5-7-12(8-6-10)14-11(2)13-4-3-9-15-13/h3-9,11,14H,1-2H3. The minimum absolute atomic E-state index is 0.197. The molecule has 0 fully saturated rings. The molecule has 15 heavy (non-hydrogen) atoms. The van der Waals surface area contributed by atoms with Gasteiger partial charge in [-0.1, -0.05) is 17.7 Å². The highest BCUT2D eigenvalue weighted by atomic mass is 16.3. The van der Waals surface area contributed by atoms with Crippen molar-refractivity contribution in [1.82, 2.24) is 0 Å². The van der Waals surface area contributed by atoms with Gasteiger partial charge >= 0.3 is 0 Å². The Hall–Kier alpha value is -1.70. The molecular weight excluding hydrogens is 186 g/mol. The van der Waals surface area contributed by atoms with Gasteiger partial charge in [0.15, 0.2) is 0 Å². The minimum Gasteiger partial charge on any atom is -0.467 e. The summed E-state index contributed by atoms with van der Waals surface area (Å²) in [6, 6.07) is 12.4. The van der Waals surface area contributed by atoms with E-state index in [1.807, 2.05) is 12.1 Å². The first-order chi connectivity index (χ1) is 7.25. The second-order valence-electron chi connectivity index (χ2n) is 3.75. The van der Waals surface area contributed by atoms with Crippen LogP contribution in [0.3, 0.4) is 0 Å². The summed E-state index contributed by atoms with van der Waals surface area (Å²) in [5, 5.41) is 3.38. The van der Waals surface area contributed by atoms with E-state index >= 15 is 0 Å². The molecule has 1 aromatic carbocycles. The number of anilines is 1. The fourth-order valence-corrected chi connectivity index (χ4v) is 1.51. The van der Waals surface area contributed by atoms with E-state index in [1.54, 1.807) is 6.26 Å². The van der Waals surface area contributed by atoms with Crippen molar-refractivity contribution in [2.75, 3.05) is 5.32 Å². The number of rotatable bonds is 3. The largest absolute Gasteiger partial charge is 0.467 e. The van der Waals surface area contributed by atoms with Gasteiger partial charge in [0.25, 0.3) is 0 Å². The smallest absolute Gasteiger partial charge is 0.125 e. The molecule has 0 spiro atoms. The van der Waals surface area contributed by atoms with E-state index < -0.39 is 0 Å². The third-order valence-electron chi connectivity index (χ3n) is 2.40. The fourth-order valence-electron chi connectivity index (χ4n) is 1.51. The van der Waals surface area contributed by atoms with Gasteiger partial charge < -0.3 is 9.73 Å². The highest BCUT2D eigenvalue weighted by Crippen LogP contribution is 2.19. The Balaban J connectivity index is 2.06. The van der Waals surface area contributed by atoms with Crippen molar-refractivity contribution in [1.29, 1.82) is 0 Å². The Bertz CT molecular complexity index is 403. The normalized spacial score (nSPS) is 12.4. The molecule has 1 N–H and O–H groups in total. The third kappa shape index (κ3) is 2.40. The van der Waals surface area contributed by atoms with E-state index in [4.69, 9.17) is 4.42 Å². The molecule has 1 heterocycles. The van der Waals surface area contributed by atoms with Crippen molar-refractivity contribution in [2.24, 2.45) is 0 Å². The van der Waals surface area contributed by atoms with Gasteiger partial charge in [-0.25, -0.2) is 0 Å². The van der Waals surface area contributed by atoms with Crippen molar-refractivity contribution in [3.63, 3.8) is 0 Å². The first-order valence-electron chi connectivity index (χ1n) is 5.12. The molecule has 0 aliphatic rings. The SMILES string of the molecule is Cc1ccc(NC(C)c2ccco2)cc1. The molecule has 0 saturated heterocycles. The van der Waals surface area contributed by atoms with Crippen LogP contribution in [0.2, 0.25) is 0 Å². The molecule has 1 aromatic heterocycles. The maximum atomic E-state index is 5.33. The van der Waals surface area contributed by atoms with Gasteiger partial charge in [-0.05, 0) is 38.1 Å². The number of nitrogens with one attached hydrogen (secondary N) is 1. The zero-order valence-electron chi connectivity index (χ0n) is 9.03. The molecular formula is C13H15NO. The Morgan fingerprint density at radius 2 is 1.87 bits per heavy atom. The molecule has 2 aromatic rings. The zero-order valence-corrected chi connectivity index (χ0v) is 9.03. The maximum Gasteiger partial charge on any atom is 0.125 e. The van der Waals surface area contributed by atoms with Crippen LogP contribution >= 0.6 is 0 Å². The quantitative estimate of drug-likeness (QED) is 0.817. The fraction of sp³-hybridized carbons (Fsp3) is 0.231. The molecule has 2 heteroatoms. The van der Waals surface area contributed by atoms with E-state index in [2.05, 4.69) is 43.4 Å². The summed E-state index contributed by atoms with van der Waals surface area (Å²) in [6.07, 6.45) is 1.70. The Morgan fingerprint density at radius 1 is 1.13 bits per heavy atom. The van der Waals surface area contributed by atoms with Crippen LogP contribution in [0, 0.1) is 6.92 Å². The van der Waals surface area contributed by atoms with Crippen molar-refractivity contribution in [3.8, 4) is 0 Å². The van der Waals surface area contributed by atoms with Crippen LogP contribution in [-0.2, 0) is 0 Å². The third-order valence-corrected chi connectivity index (χ3v) is 2.40. The Labute approximate surface area is 89.9 Å². The van der Waals surface area contributed by atoms with Crippen LogP contribution in [0.5, 0.6) is 0 Å². The number of aryl methyl sites for hydroxylation is 1. The average molecular weight is 201 g/mol. The summed E-state index contributed by atoms with van der Waals surface area (Å²) >= 11 is 0. The summed E-state index contributed by atoms with van der Waals surface area (Å²) in [7, 11) is 0. The number of hydrogen-bond acceptors (Lipinski definition) is 2. The van der Waals surface area contributed by atoms with Crippen LogP contribution in [0.1, 0.15) is 24.3 Å². The molecule has 2 rings (SSSR count). The van der Waals surface area contributed by atoms with E-state index in [-0.39, 0.29) is 6.04 Å². The summed E-state index contributed by atoms with van der Waals surface area (Å²) in [4.78, 5) is 0. The second-order valence-corrected chi connectivity index (χ2v) is 3.75. The van der Waals surface area contributed by atoms with Crippen LogP contribution in [-0.4, -0.2) is 0 Å². The van der Waals surface area contributed by atoms with Gasteiger partial charge in [-0.3, -0.25) is 0 Å². The van der Waals surface area contributed by atoms with Gasteiger partial charge in [0.05, 0.1) is 12.3 Å². The van der Waals surface area contributed by atoms with E-state index in [9.17, 15) is 0 Å². The molecule has 0 saturated carbocycles. The Morgan fingerprint density at radius 3 is 2.47 bits per heavy atom. The lowest BCUT2D eigenvalue weighted by molar-refractivity contribution is 0.490. The lowest BCUT2D eigenvalue weighted by Crippen LogP contribution is -2.05. The van der Waals surface area contributed by atoms with Crippen LogP contribution in [0.25, 0.3) is 0 Å². The van der Waals surface area contributed by atoms with E-state index in [0.29, 0.717) is 0 Å². The predicted molar refractivity (Wildman–Crippen MR) is 61.9 cm³/mol. The van der Waals surface area contributed by atoms with E-state index in [0.717, 1.165) is 11.4 Å². The molecule has 0 aliphatic heterocycles. The first-order valence-corrected chi connectivity index (χ1v) is 5.12. The molecule has 0 amide bonds. The zero-order chi connectivity index (χ0) is 10.7. The summed E-state index contributed by atoms with van der Waals surface area (Å²) in [5.41, 5.74) is 2.38.